The number of hydrogen-bond donors (Lipinski definition) is 2. The second-order valence-corrected chi connectivity index (χ2v) is 5.91. The van der Waals surface area contributed by atoms with Gasteiger partial charge in [0.05, 0.1) is 0 Å². The fourth-order valence-corrected chi connectivity index (χ4v) is 2.40. The Kier molecular flexibility index (Phi) is 5.18. The molecular formula is C17H26N2O. The highest BCUT2D eigenvalue weighted by Crippen LogP contribution is 2.37. The maximum absolute atomic E-state index is 12.0. The molecule has 1 fully saturated rings. The Labute approximate surface area is 122 Å². The molecule has 2 rings (SSSR count). The monoisotopic (exact) mass is 274 g/mol. The molecule has 20 heavy (non-hydrogen) atoms. The zero-order valence-corrected chi connectivity index (χ0v) is 12.8. The van der Waals surface area contributed by atoms with E-state index in [4.69, 9.17) is 0 Å². The number of carbonyl (C=O) groups is 1. The lowest BCUT2D eigenvalue weighted by Crippen LogP contribution is -2.22. The van der Waals surface area contributed by atoms with Gasteiger partial charge in [0.15, 0.2) is 0 Å². The van der Waals surface area contributed by atoms with Crippen molar-refractivity contribution in [3.05, 3.63) is 29.8 Å². The molecule has 0 radical (unpaired) electrons. The van der Waals surface area contributed by atoms with Crippen molar-refractivity contribution in [2.75, 3.05) is 11.9 Å². The molecule has 2 atom stereocenters. The van der Waals surface area contributed by atoms with Crippen molar-refractivity contribution >= 4 is 11.6 Å². The van der Waals surface area contributed by atoms with Crippen LogP contribution in [0.15, 0.2) is 24.3 Å². The number of nitrogens with one attached hydrogen (secondary N) is 2. The van der Waals surface area contributed by atoms with E-state index in [1.807, 2.05) is 19.1 Å². The molecule has 2 N–H and O–H groups in total. The highest BCUT2D eigenvalue weighted by molar-refractivity contribution is 5.92. The molecule has 3 nitrogen and oxygen atoms in total. The van der Waals surface area contributed by atoms with E-state index in [-0.39, 0.29) is 11.8 Å². The fraction of sp³-hybridized carbons (Fsp3) is 0.588. The first-order chi connectivity index (χ1) is 9.61. The van der Waals surface area contributed by atoms with Crippen LogP contribution in [0.3, 0.4) is 0 Å². The Morgan fingerprint density at radius 2 is 1.90 bits per heavy atom. The van der Waals surface area contributed by atoms with Gasteiger partial charge in [-0.05, 0) is 56.3 Å². The standard InChI is InChI=1S/C17H26N2O/c1-4-11-18-13(3)15-7-9-16(10-8-15)19-17(20)12(2)14-5-6-14/h7-10,12-14,18H,4-6,11H2,1-3H3,(H,19,20). The van der Waals surface area contributed by atoms with Crippen molar-refractivity contribution in [2.24, 2.45) is 11.8 Å². The second-order valence-electron chi connectivity index (χ2n) is 5.91. The normalized spacial score (nSPS) is 17.6. The molecular weight excluding hydrogens is 248 g/mol. The highest BCUT2D eigenvalue weighted by Gasteiger charge is 2.32. The van der Waals surface area contributed by atoms with E-state index in [1.165, 1.54) is 18.4 Å². The zero-order chi connectivity index (χ0) is 14.5. The summed E-state index contributed by atoms with van der Waals surface area (Å²) in [6.07, 6.45) is 3.54. The molecule has 0 saturated heterocycles. The Balaban J connectivity index is 1.88. The Bertz CT molecular complexity index is 437. The van der Waals surface area contributed by atoms with E-state index in [0.717, 1.165) is 18.7 Å². The second kappa shape index (κ2) is 6.89. The highest BCUT2D eigenvalue weighted by atomic mass is 16.1. The molecule has 1 aromatic carbocycles. The van der Waals surface area contributed by atoms with Crippen LogP contribution in [0.2, 0.25) is 0 Å². The van der Waals surface area contributed by atoms with Crippen LogP contribution < -0.4 is 10.6 Å². The minimum Gasteiger partial charge on any atom is -0.326 e. The number of amides is 1. The first-order valence-electron chi connectivity index (χ1n) is 7.76. The Hall–Kier alpha value is -1.35. The molecule has 0 bridgehead atoms. The molecule has 110 valence electrons. The van der Waals surface area contributed by atoms with Gasteiger partial charge in [0, 0.05) is 17.6 Å². The van der Waals surface area contributed by atoms with Crippen molar-refractivity contribution < 1.29 is 4.79 Å². The third-order valence-corrected chi connectivity index (χ3v) is 4.12. The summed E-state index contributed by atoms with van der Waals surface area (Å²) in [5.41, 5.74) is 2.15. The van der Waals surface area contributed by atoms with Gasteiger partial charge in [-0.1, -0.05) is 26.0 Å². The van der Waals surface area contributed by atoms with E-state index >= 15 is 0 Å². The van der Waals surface area contributed by atoms with E-state index in [2.05, 4.69) is 36.6 Å². The summed E-state index contributed by atoms with van der Waals surface area (Å²) >= 11 is 0. The van der Waals surface area contributed by atoms with Gasteiger partial charge in [-0.25, -0.2) is 0 Å². The minimum absolute atomic E-state index is 0.139. The zero-order valence-electron chi connectivity index (χ0n) is 12.8. The van der Waals surface area contributed by atoms with Crippen LogP contribution in [0.1, 0.15) is 51.6 Å². The van der Waals surface area contributed by atoms with Gasteiger partial charge in [0.2, 0.25) is 5.91 Å². The van der Waals surface area contributed by atoms with Crippen molar-refractivity contribution in [3.8, 4) is 0 Å². The van der Waals surface area contributed by atoms with Gasteiger partial charge in [0.1, 0.15) is 0 Å². The first kappa shape index (κ1) is 15.0. The predicted octanol–water partition coefficient (Wildman–Crippen LogP) is 3.73. The van der Waals surface area contributed by atoms with Crippen LogP contribution >= 0.6 is 0 Å². The maximum atomic E-state index is 12.0. The van der Waals surface area contributed by atoms with Gasteiger partial charge < -0.3 is 10.6 Å². The average molecular weight is 274 g/mol. The van der Waals surface area contributed by atoms with Gasteiger partial charge >= 0.3 is 0 Å². The molecule has 0 heterocycles. The maximum Gasteiger partial charge on any atom is 0.227 e. The topological polar surface area (TPSA) is 41.1 Å². The lowest BCUT2D eigenvalue weighted by molar-refractivity contribution is -0.119. The average Bonchev–Trinajstić information content (AvgIpc) is 3.29. The summed E-state index contributed by atoms with van der Waals surface area (Å²) in [6.45, 7) is 7.38. The number of anilines is 1. The molecule has 0 spiro atoms. The quantitative estimate of drug-likeness (QED) is 0.795. The van der Waals surface area contributed by atoms with Gasteiger partial charge in [-0.2, -0.15) is 0 Å². The summed E-state index contributed by atoms with van der Waals surface area (Å²) < 4.78 is 0. The van der Waals surface area contributed by atoms with Crippen LogP contribution in [0.5, 0.6) is 0 Å². The summed E-state index contributed by atoms with van der Waals surface area (Å²) in [5.74, 6) is 0.893. The molecule has 2 unspecified atom stereocenters. The lowest BCUT2D eigenvalue weighted by Gasteiger charge is -2.15. The van der Waals surface area contributed by atoms with Crippen molar-refractivity contribution in [1.82, 2.24) is 5.32 Å². The minimum atomic E-state index is 0.139. The Morgan fingerprint density at radius 1 is 1.25 bits per heavy atom. The van der Waals surface area contributed by atoms with Crippen molar-refractivity contribution in [3.63, 3.8) is 0 Å². The van der Waals surface area contributed by atoms with Crippen LogP contribution in [0, 0.1) is 11.8 Å². The first-order valence-corrected chi connectivity index (χ1v) is 7.76. The number of hydrogen-bond acceptors (Lipinski definition) is 2. The molecule has 1 saturated carbocycles. The van der Waals surface area contributed by atoms with E-state index in [0.29, 0.717) is 12.0 Å². The van der Waals surface area contributed by atoms with Crippen LogP contribution in [0.25, 0.3) is 0 Å². The Morgan fingerprint density at radius 3 is 2.45 bits per heavy atom. The lowest BCUT2D eigenvalue weighted by atomic mass is 10.0. The summed E-state index contributed by atoms with van der Waals surface area (Å²) in [6, 6.07) is 8.52. The van der Waals surface area contributed by atoms with E-state index in [9.17, 15) is 4.79 Å². The molecule has 3 heteroatoms. The van der Waals surface area contributed by atoms with E-state index in [1.54, 1.807) is 0 Å². The molecule has 0 aliphatic heterocycles. The van der Waals surface area contributed by atoms with Crippen LogP contribution in [-0.2, 0) is 4.79 Å². The number of carbonyl (C=O) groups excluding carboxylic acids is 1. The predicted molar refractivity (Wildman–Crippen MR) is 83.7 cm³/mol. The molecule has 1 aliphatic carbocycles. The third kappa shape index (κ3) is 4.07. The number of rotatable bonds is 7. The van der Waals surface area contributed by atoms with Gasteiger partial charge in [0.25, 0.3) is 0 Å². The summed E-state index contributed by atoms with van der Waals surface area (Å²) in [5, 5.41) is 6.48. The van der Waals surface area contributed by atoms with Crippen LogP contribution in [-0.4, -0.2) is 12.5 Å². The molecule has 1 aliphatic rings. The van der Waals surface area contributed by atoms with Gasteiger partial charge in [-0.3, -0.25) is 4.79 Å². The smallest absolute Gasteiger partial charge is 0.227 e. The van der Waals surface area contributed by atoms with Crippen molar-refractivity contribution in [2.45, 2.75) is 46.1 Å². The largest absolute Gasteiger partial charge is 0.326 e. The van der Waals surface area contributed by atoms with Crippen molar-refractivity contribution in [1.29, 1.82) is 0 Å². The molecule has 1 aromatic rings. The SMILES string of the molecule is CCCNC(C)c1ccc(NC(=O)C(C)C2CC2)cc1. The molecule has 1 amide bonds. The molecule has 0 aromatic heterocycles. The fourth-order valence-electron chi connectivity index (χ4n) is 2.40. The van der Waals surface area contributed by atoms with Crippen LogP contribution in [0.4, 0.5) is 5.69 Å². The third-order valence-electron chi connectivity index (χ3n) is 4.12. The van der Waals surface area contributed by atoms with E-state index < -0.39 is 0 Å². The number of benzene rings is 1. The van der Waals surface area contributed by atoms with Gasteiger partial charge in [-0.15, -0.1) is 0 Å². The summed E-state index contributed by atoms with van der Waals surface area (Å²) in [4.78, 5) is 12.0. The summed E-state index contributed by atoms with van der Waals surface area (Å²) in [7, 11) is 0.